The van der Waals surface area contributed by atoms with Crippen LogP contribution in [0.5, 0.6) is 0 Å². The zero-order valence-electron chi connectivity index (χ0n) is 8.66. The Balaban J connectivity index is 2.10. The largest absolute Gasteiger partial charge is 0.478 e. The second-order valence-electron chi connectivity index (χ2n) is 3.56. The van der Waals surface area contributed by atoms with Crippen LogP contribution in [0, 0.1) is 0 Å². The van der Waals surface area contributed by atoms with Crippen molar-refractivity contribution in [3.05, 3.63) is 42.2 Å². The van der Waals surface area contributed by atoms with Crippen LogP contribution in [0.1, 0.15) is 10.4 Å². The van der Waals surface area contributed by atoms with Gasteiger partial charge in [0.15, 0.2) is 0 Å². The fraction of sp³-hybridized carbons (Fsp3) is 0. The summed E-state index contributed by atoms with van der Waals surface area (Å²) < 4.78 is 1.41. The molecule has 3 rings (SSSR count). The zero-order chi connectivity index (χ0) is 11.8. The molecule has 0 aliphatic rings. The van der Waals surface area contributed by atoms with Crippen molar-refractivity contribution in [1.82, 2.24) is 19.7 Å². The van der Waals surface area contributed by atoms with E-state index in [2.05, 4.69) is 15.1 Å². The molecule has 2 N–H and O–H groups in total. The van der Waals surface area contributed by atoms with Gasteiger partial charge in [0.05, 0.1) is 22.8 Å². The molecule has 0 bridgehead atoms. The normalized spacial score (nSPS) is 10.8. The minimum Gasteiger partial charge on any atom is -0.478 e. The lowest BCUT2D eigenvalue weighted by molar-refractivity contribution is 0.0697. The fourth-order valence-corrected chi connectivity index (χ4v) is 1.60. The van der Waals surface area contributed by atoms with Gasteiger partial charge in [-0.2, -0.15) is 5.10 Å². The van der Waals surface area contributed by atoms with Gasteiger partial charge >= 0.3 is 5.97 Å². The zero-order valence-corrected chi connectivity index (χ0v) is 8.66. The number of aromatic nitrogens is 4. The van der Waals surface area contributed by atoms with Crippen LogP contribution in [0.15, 0.2) is 36.7 Å². The molecule has 0 atom stereocenters. The number of aromatic amines is 1. The van der Waals surface area contributed by atoms with E-state index in [1.54, 1.807) is 0 Å². The van der Waals surface area contributed by atoms with E-state index >= 15 is 0 Å². The minimum absolute atomic E-state index is 0.130. The first-order valence-corrected chi connectivity index (χ1v) is 4.97. The summed E-state index contributed by atoms with van der Waals surface area (Å²) in [7, 11) is 0. The first-order valence-electron chi connectivity index (χ1n) is 4.97. The van der Waals surface area contributed by atoms with Gasteiger partial charge in [-0.1, -0.05) is 12.1 Å². The number of H-pyrrole nitrogens is 1. The number of nitrogens with zero attached hydrogens (tertiary/aromatic N) is 3. The summed E-state index contributed by atoms with van der Waals surface area (Å²) in [5, 5.41) is 12.7. The van der Waals surface area contributed by atoms with Crippen molar-refractivity contribution < 1.29 is 9.90 Å². The lowest BCUT2D eigenvalue weighted by atomic mass is 10.3. The number of imidazole rings is 1. The van der Waals surface area contributed by atoms with Crippen LogP contribution in [0.25, 0.3) is 17.0 Å². The van der Waals surface area contributed by atoms with E-state index in [-0.39, 0.29) is 5.56 Å². The number of nitrogens with one attached hydrogen (secondary N) is 1. The van der Waals surface area contributed by atoms with E-state index in [4.69, 9.17) is 5.11 Å². The Bertz CT molecular complexity index is 665. The molecule has 0 aliphatic carbocycles. The highest BCUT2D eigenvalue weighted by Crippen LogP contribution is 2.13. The molecule has 0 saturated heterocycles. The third-order valence-corrected chi connectivity index (χ3v) is 2.42. The van der Waals surface area contributed by atoms with Gasteiger partial charge in [-0.05, 0) is 12.1 Å². The van der Waals surface area contributed by atoms with Crippen LogP contribution < -0.4 is 0 Å². The van der Waals surface area contributed by atoms with E-state index in [9.17, 15) is 4.79 Å². The number of hydrogen-bond acceptors (Lipinski definition) is 3. The van der Waals surface area contributed by atoms with Gasteiger partial charge in [-0.25, -0.2) is 14.5 Å². The Kier molecular flexibility index (Phi) is 1.94. The van der Waals surface area contributed by atoms with Crippen molar-refractivity contribution in [2.75, 3.05) is 0 Å². The Morgan fingerprint density at radius 1 is 1.35 bits per heavy atom. The molecule has 0 unspecified atom stereocenters. The van der Waals surface area contributed by atoms with Crippen LogP contribution in [0.2, 0.25) is 0 Å². The van der Waals surface area contributed by atoms with Crippen molar-refractivity contribution in [3.63, 3.8) is 0 Å². The molecule has 6 nitrogen and oxygen atoms in total. The van der Waals surface area contributed by atoms with E-state index < -0.39 is 5.97 Å². The third kappa shape index (κ3) is 1.55. The Morgan fingerprint density at radius 2 is 2.18 bits per heavy atom. The molecule has 0 saturated carbocycles. The monoisotopic (exact) mass is 228 g/mol. The summed E-state index contributed by atoms with van der Waals surface area (Å²) in [5.74, 6) is -0.508. The highest BCUT2D eigenvalue weighted by Gasteiger charge is 2.09. The van der Waals surface area contributed by atoms with Crippen LogP contribution >= 0.6 is 0 Å². The van der Waals surface area contributed by atoms with Crippen LogP contribution in [0.4, 0.5) is 0 Å². The number of carbonyl (C=O) groups is 1. The first-order chi connectivity index (χ1) is 8.24. The van der Waals surface area contributed by atoms with Crippen LogP contribution in [0.3, 0.4) is 0 Å². The van der Waals surface area contributed by atoms with Crippen molar-refractivity contribution in [2.45, 2.75) is 0 Å². The average molecular weight is 228 g/mol. The Hall–Kier alpha value is -2.63. The SMILES string of the molecule is O=C(O)c1cnn(-c2nc3ccccc3[nH]2)c1. The van der Waals surface area contributed by atoms with Gasteiger partial charge in [0.1, 0.15) is 0 Å². The Morgan fingerprint density at radius 3 is 2.88 bits per heavy atom. The number of hydrogen-bond donors (Lipinski definition) is 2. The number of aromatic carboxylic acids is 1. The summed E-state index contributed by atoms with van der Waals surface area (Å²) in [6.07, 6.45) is 2.70. The highest BCUT2D eigenvalue weighted by atomic mass is 16.4. The van der Waals surface area contributed by atoms with Gasteiger partial charge in [0.2, 0.25) is 5.95 Å². The van der Waals surface area contributed by atoms with Gasteiger partial charge in [-0.15, -0.1) is 0 Å². The molecule has 0 aliphatic heterocycles. The number of carboxylic acid groups (broad SMARTS) is 1. The topological polar surface area (TPSA) is 83.8 Å². The molecule has 0 spiro atoms. The summed E-state index contributed by atoms with van der Waals surface area (Å²) in [5.41, 5.74) is 1.83. The molecule has 0 fully saturated rings. The minimum atomic E-state index is -1.01. The van der Waals surface area contributed by atoms with Gasteiger partial charge in [0, 0.05) is 6.20 Å². The predicted octanol–water partition coefficient (Wildman–Crippen LogP) is 1.45. The average Bonchev–Trinajstić information content (AvgIpc) is 2.95. The van der Waals surface area contributed by atoms with E-state index in [0.717, 1.165) is 11.0 Å². The maximum atomic E-state index is 10.7. The van der Waals surface area contributed by atoms with Crippen molar-refractivity contribution in [2.24, 2.45) is 0 Å². The lowest BCUT2D eigenvalue weighted by Gasteiger charge is -1.92. The molecule has 0 amide bonds. The van der Waals surface area contributed by atoms with E-state index in [1.807, 2.05) is 24.3 Å². The van der Waals surface area contributed by atoms with Crippen molar-refractivity contribution in [1.29, 1.82) is 0 Å². The molecular formula is C11H8N4O2. The second-order valence-corrected chi connectivity index (χ2v) is 3.56. The summed E-state index contributed by atoms with van der Waals surface area (Å²) in [4.78, 5) is 18.1. The third-order valence-electron chi connectivity index (χ3n) is 2.42. The molecular weight excluding hydrogens is 220 g/mol. The van der Waals surface area contributed by atoms with Crippen molar-refractivity contribution in [3.8, 4) is 5.95 Å². The molecule has 2 aromatic heterocycles. The molecule has 1 aromatic carbocycles. The van der Waals surface area contributed by atoms with E-state index in [1.165, 1.54) is 17.1 Å². The van der Waals surface area contributed by atoms with Crippen molar-refractivity contribution >= 4 is 17.0 Å². The molecule has 2 heterocycles. The molecule has 17 heavy (non-hydrogen) atoms. The van der Waals surface area contributed by atoms with Crippen LogP contribution in [-0.4, -0.2) is 30.8 Å². The predicted molar refractivity (Wildman–Crippen MR) is 60.2 cm³/mol. The quantitative estimate of drug-likeness (QED) is 0.695. The van der Waals surface area contributed by atoms with Gasteiger partial charge < -0.3 is 10.1 Å². The fourth-order valence-electron chi connectivity index (χ4n) is 1.60. The maximum Gasteiger partial charge on any atom is 0.338 e. The lowest BCUT2D eigenvalue weighted by Crippen LogP contribution is -1.97. The number of carboxylic acids is 1. The molecule has 84 valence electrons. The maximum absolute atomic E-state index is 10.7. The summed E-state index contributed by atoms with van der Waals surface area (Å²) in [6, 6.07) is 7.55. The van der Waals surface area contributed by atoms with Gasteiger partial charge in [-0.3, -0.25) is 0 Å². The first kappa shape index (κ1) is 9.59. The van der Waals surface area contributed by atoms with E-state index in [0.29, 0.717) is 5.95 Å². The summed E-state index contributed by atoms with van der Waals surface area (Å²) in [6.45, 7) is 0. The van der Waals surface area contributed by atoms with Gasteiger partial charge in [0.25, 0.3) is 0 Å². The van der Waals surface area contributed by atoms with Crippen LogP contribution in [-0.2, 0) is 0 Å². The number of rotatable bonds is 2. The smallest absolute Gasteiger partial charge is 0.338 e. The second kappa shape index (κ2) is 3.44. The number of benzene rings is 1. The number of para-hydroxylation sites is 2. The highest BCUT2D eigenvalue weighted by molar-refractivity contribution is 5.87. The summed E-state index contributed by atoms with van der Waals surface area (Å²) >= 11 is 0. The number of fused-ring (bicyclic) bond motifs is 1. The molecule has 3 aromatic rings. The Labute approximate surface area is 95.5 Å². The molecule has 6 heteroatoms. The standard InChI is InChI=1S/C11H8N4O2/c16-10(17)7-5-12-15(6-7)11-13-8-3-1-2-4-9(8)14-11/h1-6H,(H,13,14)(H,16,17). The molecule has 0 radical (unpaired) electrons.